The third-order valence-corrected chi connectivity index (χ3v) is 9.08. The number of fused-ring (bicyclic) bond motifs is 1. The second-order valence-corrected chi connectivity index (χ2v) is 12.2. The number of rotatable bonds is 7. The Kier molecular flexibility index (Phi) is 7.21. The van der Waals surface area contributed by atoms with Gasteiger partial charge in [0.15, 0.2) is 0 Å². The normalized spacial score (nSPS) is 11.4. The molecule has 0 aliphatic carbocycles. The van der Waals surface area contributed by atoms with Gasteiger partial charge in [0.2, 0.25) is 5.91 Å². The zero-order valence-corrected chi connectivity index (χ0v) is 23.1. The van der Waals surface area contributed by atoms with Crippen molar-refractivity contribution in [3.05, 3.63) is 107 Å². The van der Waals surface area contributed by atoms with Gasteiger partial charge in [0.25, 0.3) is 10.0 Å². The first-order valence-corrected chi connectivity index (χ1v) is 14.4. The summed E-state index contributed by atoms with van der Waals surface area (Å²) in [5, 5.41) is 4.17. The number of hydrogen-bond acceptors (Lipinski definition) is 5. The number of sulfonamides is 1. The second kappa shape index (κ2) is 10.6. The summed E-state index contributed by atoms with van der Waals surface area (Å²) in [6, 6.07) is 26.4. The van der Waals surface area contributed by atoms with Gasteiger partial charge in [-0.15, -0.1) is 11.3 Å². The highest BCUT2D eigenvalue weighted by molar-refractivity contribution is 7.92. The van der Waals surface area contributed by atoms with Crippen molar-refractivity contribution in [2.45, 2.75) is 18.7 Å². The van der Waals surface area contributed by atoms with Crippen LogP contribution in [0.25, 0.3) is 20.8 Å². The number of nitrogens with one attached hydrogen (secondary N) is 1. The maximum Gasteiger partial charge on any atom is 0.264 e. The fourth-order valence-electron chi connectivity index (χ4n) is 3.94. The van der Waals surface area contributed by atoms with Crippen LogP contribution in [0.4, 0.5) is 11.4 Å². The number of thiazole rings is 1. The van der Waals surface area contributed by atoms with E-state index in [1.807, 2.05) is 31.2 Å². The zero-order valence-electron chi connectivity index (χ0n) is 20.7. The van der Waals surface area contributed by atoms with E-state index < -0.39 is 22.5 Å². The topological polar surface area (TPSA) is 79.4 Å². The van der Waals surface area contributed by atoms with Gasteiger partial charge in [-0.25, -0.2) is 13.4 Å². The lowest BCUT2D eigenvalue weighted by molar-refractivity contribution is -0.114. The van der Waals surface area contributed by atoms with E-state index in [1.165, 1.54) is 17.7 Å². The minimum atomic E-state index is -4.01. The van der Waals surface area contributed by atoms with Gasteiger partial charge in [-0.2, -0.15) is 0 Å². The Bertz CT molecular complexity index is 1710. The number of amides is 1. The molecule has 5 rings (SSSR count). The van der Waals surface area contributed by atoms with E-state index in [9.17, 15) is 13.2 Å². The predicted octanol–water partition coefficient (Wildman–Crippen LogP) is 7.07. The molecule has 1 amide bonds. The van der Waals surface area contributed by atoms with Crippen molar-refractivity contribution in [2.75, 3.05) is 16.2 Å². The Morgan fingerprint density at radius 2 is 1.55 bits per heavy atom. The number of hydrogen-bond donors (Lipinski definition) is 1. The van der Waals surface area contributed by atoms with Gasteiger partial charge in [0.1, 0.15) is 11.6 Å². The molecule has 1 N–H and O–H groups in total. The predicted molar refractivity (Wildman–Crippen MR) is 156 cm³/mol. The van der Waals surface area contributed by atoms with Gasteiger partial charge in [-0.1, -0.05) is 35.4 Å². The quantitative estimate of drug-likeness (QED) is 0.230. The second-order valence-electron chi connectivity index (χ2n) is 8.92. The number of aryl methyl sites for hydroxylation is 2. The maximum absolute atomic E-state index is 13.5. The highest BCUT2D eigenvalue weighted by Gasteiger charge is 2.27. The van der Waals surface area contributed by atoms with E-state index in [-0.39, 0.29) is 4.90 Å². The summed E-state index contributed by atoms with van der Waals surface area (Å²) in [6.45, 7) is 3.52. The Morgan fingerprint density at radius 1 is 0.895 bits per heavy atom. The van der Waals surface area contributed by atoms with E-state index in [0.29, 0.717) is 16.4 Å². The molecule has 6 nitrogen and oxygen atoms in total. The number of aromatic nitrogens is 1. The van der Waals surface area contributed by atoms with Crippen molar-refractivity contribution >= 4 is 60.5 Å². The molecule has 0 fully saturated rings. The Morgan fingerprint density at radius 3 is 2.24 bits per heavy atom. The van der Waals surface area contributed by atoms with Crippen LogP contribution in [-0.2, 0) is 14.8 Å². The number of benzene rings is 4. The lowest BCUT2D eigenvalue weighted by atomic mass is 10.2. The molecule has 9 heteroatoms. The molecular formula is C29H24ClN3O3S2. The number of nitrogens with zero attached hydrogens (tertiary/aromatic N) is 2. The summed E-state index contributed by atoms with van der Waals surface area (Å²) in [6.07, 6.45) is 0. The fraction of sp³-hybridized carbons (Fsp3) is 0.103. The highest BCUT2D eigenvalue weighted by Crippen LogP contribution is 2.31. The minimum Gasteiger partial charge on any atom is -0.325 e. The molecule has 0 aliphatic heterocycles. The zero-order chi connectivity index (χ0) is 26.9. The van der Waals surface area contributed by atoms with E-state index in [0.717, 1.165) is 30.7 Å². The molecule has 0 saturated carbocycles. The molecule has 0 atom stereocenters. The molecule has 192 valence electrons. The number of halogens is 1. The Balaban J connectivity index is 1.36. The van der Waals surface area contributed by atoms with Crippen LogP contribution in [0.15, 0.2) is 95.9 Å². The van der Waals surface area contributed by atoms with Gasteiger partial charge < -0.3 is 5.32 Å². The van der Waals surface area contributed by atoms with E-state index in [2.05, 4.69) is 18.3 Å². The first kappa shape index (κ1) is 25.9. The number of anilines is 2. The van der Waals surface area contributed by atoms with Gasteiger partial charge in [-0.05, 0) is 92.2 Å². The lowest BCUT2D eigenvalue weighted by Gasteiger charge is -2.24. The summed E-state index contributed by atoms with van der Waals surface area (Å²) in [7, 11) is -4.01. The number of carbonyl (C=O) groups excluding carboxylic acids is 1. The summed E-state index contributed by atoms with van der Waals surface area (Å²) in [5.74, 6) is -0.473. The van der Waals surface area contributed by atoms with Crippen molar-refractivity contribution in [1.29, 1.82) is 0 Å². The molecule has 0 bridgehead atoms. The molecule has 38 heavy (non-hydrogen) atoms. The average molecular weight is 562 g/mol. The molecule has 1 heterocycles. The molecule has 0 saturated heterocycles. The molecular weight excluding hydrogens is 538 g/mol. The van der Waals surface area contributed by atoms with Gasteiger partial charge in [-0.3, -0.25) is 9.10 Å². The number of carbonyl (C=O) groups is 1. The van der Waals surface area contributed by atoms with Crippen molar-refractivity contribution in [3.63, 3.8) is 0 Å². The standard InChI is InChI=1S/C29H24ClN3O3S2/c1-19-3-14-25(15-4-19)38(35,36)33(24-12-8-22(30)9-13-24)18-28(34)31-23-10-6-21(7-11-23)29-32-26-16-5-20(2)17-27(26)37-29/h3-17H,18H2,1-2H3,(H,31,34). The van der Waals surface area contributed by atoms with Crippen LogP contribution < -0.4 is 9.62 Å². The molecule has 5 aromatic rings. The Labute approximate surface area is 230 Å². The van der Waals surface area contributed by atoms with Crippen LogP contribution >= 0.6 is 22.9 Å². The monoisotopic (exact) mass is 561 g/mol. The van der Waals surface area contributed by atoms with Gasteiger partial charge >= 0.3 is 0 Å². The van der Waals surface area contributed by atoms with Gasteiger partial charge in [0, 0.05) is 16.3 Å². The molecule has 0 aliphatic rings. The van der Waals surface area contributed by atoms with Crippen molar-refractivity contribution in [2.24, 2.45) is 0 Å². The van der Waals surface area contributed by atoms with Crippen LogP contribution in [0.2, 0.25) is 5.02 Å². The smallest absolute Gasteiger partial charge is 0.264 e. The Hall–Kier alpha value is -3.72. The molecule has 1 aromatic heterocycles. The lowest BCUT2D eigenvalue weighted by Crippen LogP contribution is -2.38. The summed E-state index contributed by atoms with van der Waals surface area (Å²) >= 11 is 7.63. The maximum atomic E-state index is 13.5. The third kappa shape index (κ3) is 5.57. The molecule has 0 unspecified atom stereocenters. The SMILES string of the molecule is Cc1ccc(S(=O)(=O)N(CC(=O)Nc2ccc(-c3nc4ccc(C)cc4s3)cc2)c2ccc(Cl)cc2)cc1. The first-order chi connectivity index (χ1) is 18.2. The third-order valence-electron chi connectivity index (χ3n) is 5.97. The van der Waals surface area contributed by atoms with E-state index >= 15 is 0 Å². The fourth-order valence-corrected chi connectivity index (χ4v) is 6.56. The van der Waals surface area contributed by atoms with Crippen LogP contribution in [0.1, 0.15) is 11.1 Å². The van der Waals surface area contributed by atoms with Crippen molar-refractivity contribution in [1.82, 2.24) is 4.98 Å². The summed E-state index contributed by atoms with van der Waals surface area (Å²) in [4.78, 5) is 17.8. The molecule has 0 spiro atoms. The largest absolute Gasteiger partial charge is 0.325 e. The summed E-state index contributed by atoms with van der Waals surface area (Å²) in [5.41, 5.74) is 4.90. The van der Waals surface area contributed by atoms with Crippen molar-refractivity contribution < 1.29 is 13.2 Å². The van der Waals surface area contributed by atoms with Crippen LogP contribution in [-0.4, -0.2) is 25.9 Å². The average Bonchev–Trinajstić information content (AvgIpc) is 3.32. The van der Waals surface area contributed by atoms with Gasteiger partial charge in [0.05, 0.1) is 20.8 Å². The molecule has 4 aromatic carbocycles. The minimum absolute atomic E-state index is 0.0984. The van der Waals surface area contributed by atoms with Crippen molar-refractivity contribution in [3.8, 4) is 10.6 Å². The highest BCUT2D eigenvalue weighted by atomic mass is 35.5. The van der Waals surface area contributed by atoms with E-state index in [1.54, 1.807) is 59.9 Å². The van der Waals surface area contributed by atoms with Crippen LogP contribution in [0.5, 0.6) is 0 Å². The molecule has 0 radical (unpaired) electrons. The first-order valence-electron chi connectivity index (χ1n) is 11.8. The summed E-state index contributed by atoms with van der Waals surface area (Å²) < 4.78 is 29.2. The van der Waals surface area contributed by atoms with Crippen LogP contribution in [0, 0.1) is 13.8 Å². The van der Waals surface area contributed by atoms with Crippen LogP contribution in [0.3, 0.4) is 0 Å². The van der Waals surface area contributed by atoms with E-state index in [4.69, 9.17) is 16.6 Å².